The van der Waals surface area contributed by atoms with Crippen LogP contribution >= 0.6 is 11.3 Å². The Hall–Kier alpha value is -2.61. The third-order valence-electron chi connectivity index (χ3n) is 5.77. The minimum absolute atomic E-state index is 0.0810. The van der Waals surface area contributed by atoms with Crippen molar-refractivity contribution in [1.82, 2.24) is 9.97 Å². The molecule has 164 valence electrons. The van der Waals surface area contributed by atoms with Crippen LogP contribution in [0.3, 0.4) is 0 Å². The number of amides is 1. The fourth-order valence-corrected chi connectivity index (χ4v) is 5.07. The first kappa shape index (κ1) is 21.6. The summed E-state index contributed by atoms with van der Waals surface area (Å²) in [5.41, 5.74) is 0.765. The molecule has 31 heavy (non-hydrogen) atoms. The number of carbonyl (C=O) groups is 1. The normalized spacial score (nSPS) is 19.4. The van der Waals surface area contributed by atoms with Gasteiger partial charge in [-0.3, -0.25) is 4.79 Å². The molecule has 1 aliphatic carbocycles. The Kier molecular flexibility index (Phi) is 5.92. The van der Waals surface area contributed by atoms with Gasteiger partial charge in [0.05, 0.1) is 28.0 Å². The first-order valence-electron chi connectivity index (χ1n) is 10.4. The van der Waals surface area contributed by atoms with Crippen molar-refractivity contribution in [2.45, 2.75) is 51.4 Å². The highest BCUT2D eigenvalue weighted by Crippen LogP contribution is 2.41. The van der Waals surface area contributed by atoms with Gasteiger partial charge in [-0.25, -0.2) is 9.97 Å². The molecule has 0 atom stereocenters. The minimum Gasteiger partial charge on any atom is -0.494 e. The number of aromatic nitrogens is 2. The molecule has 2 heterocycles. The summed E-state index contributed by atoms with van der Waals surface area (Å²) in [4.78, 5) is 21.3. The molecule has 0 saturated heterocycles. The maximum atomic E-state index is 13.6. The van der Waals surface area contributed by atoms with Crippen LogP contribution in [0.4, 0.5) is 14.5 Å². The molecule has 0 radical (unpaired) electrons. The van der Waals surface area contributed by atoms with E-state index in [0.29, 0.717) is 17.4 Å². The van der Waals surface area contributed by atoms with E-state index in [0.717, 1.165) is 40.9 Å². The molecule has 5 nitrogen and oxygen atoms in total. The van der Waals surface area contributed by atoms with Crippen LogP contribution in [-0.2, 0) is 5.92 Å². The van der Waals surface area contributed by atoms with Crippen LogP contribution < -0.4 is 10.1 Å². The first-order valence-corrected chi connectivity index (χ1v) is 11.2. The highest BCUT2D eigenvalue weighted by Gasteiger charge is 2.27. The summed E-state index contributed by atoms with van der Waals surface area (Å²) in [5.74, 6) is -1.99. The van der Waals surface area contributed by atoms with Crippen molar-refractivity contribution in [2.24, 2.45) is 5.92 Å². The second kappa shape index (κ2) is 8.49. The maximum absolute atomic E-state index is 13.6. The lowest BCUT2D eigenvalue weighted by molar-refractivity contribution is 0.0126. The van der Waals surface area contributed by atoms with E-state index in [1.54, 1.807) is 17.4 Å². The average molecular weight is 446 g/mol. The van der Waals surface area contributed by atoms with E-state index in [1.807, 2.05) is 6.07 Å². The SMILES string of the molecule is COc1cc2nc(C3CCC(C)CC3)sc2cc1NC(=O)c1cccc(C(C)(F)F)n1. The number of nitrogens with one attached hydrogen (secondary N) is 1. The number of thiazole rings is 1. The van der Waals surface area contributed by atoms with Crippen LogP contribution in [-0.4, -0.2) is 23.0 Å². The Morgan fingerprint density at radius 2 is 1.94 bits per heavy atom. The monoisotopic (exact) mass is 445 g/mol. The number of hydrogen-bond donors (Lipinski definition) is 1. The van der Waals surface area contributed by atoms with Gasteiger partial charge in [0.25, 0.3) is 11.8 Å². The molecule has 8 heteroatoms. The lowest BCUT2D eigenvalue weighted by Crippen LogP contribution is -2.17. The van der Waals surface area contributed by atoms with Gasteiger partial charge in [0.15, 0.2) is 0 Å². The van der Waals surface area contributed by atoms with E-state index in [9.17, 15) is 13.6 Å². The Balaban J connectivity index is 1.60. The van der Waals surface area contributed by atoms with E-state index >= 15 is 0 Å². The average Bonchev–Trinajstić information content (AvgIpc) is 3.16. The topological polar surface area (TPSA) is 64.1 Å². The molecule has 1 fully saturated rings. The molecule has 1 aromatic carbocycles. The first-order chi connectivity index (χ1) is 14.7. The van der Waals surface area contributed by atoms with E-state index in [2.05, 4.69) is 17.2 Å². The molecule has 0 unspecified atom stereocenters. The summed E-state index contributed by atoms with van der Waals surface area (Å²) >= 11 is 1.63. The lowest BCUT2D eigenvalue weighted by atomic mass is 9.83. The number of nitrogens with zero attached hydrogens (tertiary/aromatic N) is 2. The minimum atomic E-state index is -3.12. The van der Waals surface area contributed by atoms with Gasteiger partial charge in [-0.1, -0.05) is 25.8 Å². The van der Waals surface area contributed by atoms with Crippen LogP contribution in [0.2, 0.25) is 0 Å². The summed E-state index contributed by atoms with van der Waals surface area (Å²) in [6, 6.07) is 7.64. The number of fused-ring (bicyclic) bond motifs is 1. The van der Waals surface area contributed by atoms with E-state index in [4.69, 9.17) is 9.72 Å². The third kappa shape index (κ3) is 4.69. The van der Waals surface area contributed by atoms with Crippen molar-refractivity contribution in [3.63, 3.8) is 0 Å². The predicted molar refractivity (Wildman–Crippen MR) is 118 cm³/mol. The van der Waals surface area contributed by atoms with Gasteiger partial charge >= 0.3 is 0 Å². The predicted octanol–water partition coefficient (Wildman–Crippen LogP) is 6.36. The Morgan fingerprint density at radius 1 is 1.19 bits per heavy atom. The van der Waals surface area contributed by atoms with Crippen LogP contribution in [0.25, 0.3) is 10.2 Å². The number of anilines is 1. The molecule has 0 bridgehead atoms. The number of benzene rings is 1. The molecule has 1 saturated carbocycles. The van der Waals surface area contributed by atoms with Gasteiger partial charge in [-0.2, -0.15) is 8.78 Å². The molecule has 2 aromatic heterocycles. The zero-order valence-electron chi connectivity index (χ0n) is 17.7. The Bertz CT molecular complexity index is 1100. The molecular formula is C23H25F2N3O2S. The van der Waals surface area contributed by atoms with Crippen LogP contribution in [0.15, 0.2) is 30.3 Å². The molecule has 1 N–H and O–H groups in total. The van der Waals surface area contributed by atoms with E-state index in [-0.39, 0.29) is 5.69 Å². The molecule has 0 spiro atoms. The van der Waals surface area contributed by atoms with Crippen molar-refractivity contribution in [1.29, 1.82) is 0 Å². The van der Waals surface area contributed by atoms with Crippen LogP contribution in [0, 0.1) is 5.92 Å². The van der Waals surface area contributed by atoms with Gasteiger partial charge in [0, 0.05) is 18.9 Å². The zero-order valence-corrected chi connectivity index (χ0v) is 18.6. The number of hydrogen-bond acceptors (Lipinski definition) is 5. The Labute approximate surface area is 183 Å². The summed E-state index contributed by atoms with van der Waals surface area (Å²) in [6.07, 6.45) is 4.72. The van der Waals surface area contributed by atoms with Crippen molar-refractivity contribution in [3.05, 3.63) is 46.7 Å². The molecule has 1 amide bonds. The van der Waals surface area contributed by atoms with Gasteiger partial charge in [-0.05, 0) is 37.0 Å². The number of carbonyl (C=O) groups excluding carboxylic acids is 1. The van der Waals surface area contributed by atoms with Gasteiger partial charge < -0.3 is 10.1 Å². The second-order valence-corrected chi connectivity index (χ2v) is 9.34. The zero-order chi connectivity index (χ0) is 22.2. The molecule has 0 aliphatic heterocycles. The summed E-state index contributed by atoms with van der Waals surface area (Å²) < 4.78 is 33.5. The van der Waals surface area contributed by atoms with Crippen molar-refractivity contribution in [2.75, 3.05) is 12.4 Å². The smallest absolute Gasteiger partial charge is 0.287 e. The summed E-state index contributed by atoms with van der Waals surface area (Å²) in [7, 11) is 1.52. The molecule has 3 aromatic rings. The van der Waals surface area contributed by atoms with Crippen LogP contribution in [0.1, 0.15) is 66.6 Å². The maximum Gasteiger partial charge on any atom is 0.287 e. The van der Waals surface area contributed by atoms with Crippen LogP contribution in [0.5, 0.6) is 5.75 Å². The number of alkyl halides is 2. The summed E-state index contributed by atoms with van der Waals surface area (Å²) in [6.45, 7) is 3.04. The van der Waals surface area contributed by atoms with Gasteiger partial charge in [-0.15, -0.1) is 11.3 Å². The lowest BCUT2D eigenvalue weighted by Gasteiger charge is -2.24. The molecule has 1 aliphatic rings. The van der Waals surface area contributed by atoms with E-state index < -0.39 is 17.5 Å². The fraction of sp³-hybridized carbons (Fsp3) is 0.435. The van der Waals surface area contributed by atoms with Gasteiger partial charge in [0.1, 0.15) is 17.1 Å². The van der Waals surface area contributed by atoms with Crippen molar-refractivity contribution >= 4 is 33.1 Å². The molecule has 4 rings (SSSR count). The third-order valence-corrected chi connectivity index (χ3v) is 6.95. The number of halogens is 2. The second-order valence-electron chi connectivity index (χ2n) is 8.28. The highest BCUT2D eigenvalue weighted by molar-refractivity contribution is 7.18. The quantitative estimate of drug-likeness (QED) is 0.496. The number of pyridine rings is 1. The standard InChI is InChI=1S/C23H25F2N3O2S/c1-13-7-9-14(10-8-13)22-28-17-11-18(30-3)16(12-19(17)31-22)27-21(29)15-5-4-6-20(26-15)23(2,24)25/h4-6,11-14H,7-10H2,1-3H3,(H,27,29). The fourth-order valence-electron chi connectivity index (χ4n) is 3.91. The van der Waals surface area contributed by atoms with Gasteiger partial charge in [0.2, 0.25) is 0 Å². The largest absolute Gasteiger partial charge is 0.494 e. The van der Waals surface area contributed by atoms with Crippen molar-refractivity contribution in [3.8, 4) is 5.75 Å². The van der Waals surface area contributed by atoms with E-state index in [1.165, 1.54) is 38.2 Å². The van der Waals surface area contributed by atoms with Crippen molar-refractivity contribution < 1.29 is 18.3 Å². The highest BCUT2D eigenvalue weighted by atomic mass is 32.1. The Morgan fingerprint density at radius 3 is 2.61 bits per heavy atom. The number of rotatable bonds is 5. The molecular weight excluding hydrogens is 420 g/mol. The number of methoxy groups -OCH3 is 1. The summed E-state index contributed by atoms with van der Waals surface area (Å²) in [5, 5.41) is 3.87. The number of ether oxygens (including phenoxy) is 1.